The van der Waals surface area contributed by atoms with Gasteiger partial charge in [-0.25, -0.2) is 14.6 Å². The number of hydrogen-bond donors (Lipinski definition) is 2. The highest BCUT2D eigenvalue weighted by Crippen LogP contribution is 2.18. The number of hydrogen-bond acceptors (Lipinski definition) is 5. The van der Waals surface area contributed by atoms with E-state index in [0.717, 1.165) is 18.5 Å². The van der Waals surface area contributed by atoms with Crippen LogP contribution in [0.4, 0.5) is 5.69 Å². The Hall–Kier alpha value is -2.44. The van der Waals surface area contributed by atoms with E-state index >= 15 is 0 Å². The molecule has 1 saturated carbocycles. The monoisotopic (exact) mass is 258 g/mol. The van der Waals surface area contributed by atoms with Gasteiger partial charge in [-0.2, -0.15) is 5.10 Å². The third kappa shape index (κ3) is 3.06. The van der Waals surface area contributed by atoms with E-state index in [-0.39, 0.29) is 12.5 Å². The van der Waals surface area contributed by atoms with Gasteiger partial charge in [0.05, 0.1) is 24.6 Å². The first-order chi connectivity index (χ1) is 9.31. The summed E-state index contributed by atoms with van der Waals surface area (Å²) < 4.78 is 1.56. The molecule has 2 N–H and O–H groups in total. The molecule has 1 fully saturated rings. The Balaban J connectivity index is 1.57. The third-order valence-electron chi connectivity index (χ3n) is 2.74. The Bertz CT molecular complexity index is 563. The van der Waals surface area contributed by atoms with Crippen LogP contribution < -0.4 is 10.6 Å². The lowest BCUT2D eigenvalue weighted by atomic mass is 10.5. The Labute approximate surface area is 110 Å². The maximum Gasteiger partial charge on any atom is 0.250 e. The van der Waals surface area contributed by atoms with E-state index in [1.54, 1.807) is 35.5 Å². The van der Waals surface area contributed by atoms with Gasteiger partial charge in [0.2, 0.25) is 11.9 Å². The summed E-state index contributed by atoms with van der Waals surface area (Å²) in [5.74, 6) is 0.504. The van der Waals surface area contributed by atoms with Crippen LogP contribution in [0.15, 0.2) is 30.9 Å². The zero-order valence-corrected chi connectivity index (χ0v) is 10.3. The Morgan fingerprint density at radius 2 is 2.16 bits per heavy atom. The molecule has 7 heteroatoms. The van der Waals surface area contributed by atoms with Crippen LogP contribution >= 0.6 is 0 Å². The molecular formula is C12H14N6O. The van der Waals surface area contributed by atoms with Gasteiger partial charge in [0, 0.05) is 18.4 Å². The van der Waals surface area contributed by atoms with Crippen molar-refractivity contribution in [3.8, 4) is 5.95 Å². The summed E-state index contributed by atoms with van der Waals surface area (Å²) in [6, 6.07) is 2.13. The molecule has 1 amide bonds. The van der Waals surface area contributed by atoms with E-state index < -0.39 is 0 Å². The predicted molar refractivity (Wildman–Crippen MR) is 68.8 cm³/mol. The van der Waals surface area contributed by atoms with Crippen LogP contribution in [0.3, 0.4) is 0 Å². The molecule has 0 bridgehead atoms. The van der Waals surface area contributed by atoms with E-state index in [4.69, 9.17) is 0 Å². The number of rotatable bonds is 5. The van der Waals surface area contributed by atoms with Crippen LogP contribution in [0, 0.1) is 0 Å². The second-order valence-electron chi connectivity index (χ2n) is 4.42. The average molecular weight is 258 g/mol. The van der Waals surface area contributed by atoms with Gasteiger partial charge in [0.25, 0.3) is 0 Å². The lowest BCUT2D eigenvalue weighted by Crippen LogP contribution is -2.31. The van der Waals surface area contributed by atoms with E-state index in [1.165, 1.54) is 0 Å². The number of anilines is 1. The van der Waals surface area contributed by atoms with Gasteiger partial charge in [-0.15, -0.1) is 0 Å². The highest BCUT2D eigenvalue weighted by molar-refractivity contribution is 5.81. The molecule has 0 saturated heterocycles. The quantitative estimate of drug-likeness (QED) is 0.808. The largest absolute Gasteiger partial charge is 0.374 e. The molecule has 0 atom stereocenters. The van der Waals surface area contributed by atoms with Gasteiger partial charge in [-0.3, -0.25) is 4.79 Å². The fourth-order valence-corrected chi connectivity index (χ4v) is 1.62. The van der Waals surface area contributed by atoms with Crippen molar-refractivity contribution in [3.05, 3.63) is 30.9 Å². The van der Waals surface area contributed by atoms with Gasteiger partial charge < -0.3 is 10.6 Å². The van der Waals surface area contributed by atoms with Crippen molar-refractivity contribution in [2.75, 3.05) is 11.9 Å². The van der Waals surface area contributed by atoms with Crippen LogP contribution in [-0.4, -0.2) is 38.2 Å². The molecule has 2 heterocycles. The second kappa shape index (κ2) is 5.05. The van der Waals surface area contributed by atoms with Crippen molar-refractivity contribution in [3.63, 3.8) is 0 Å². The molecule has 19 heavy (non-hydrogen) atoms. The summed E-state index contributed by atoms with van der Waals surface area (Å²) in [4.78, 5) is 19.7. The molecule has 7 nitrogen and oxygen atoms in total. The van der Waals surface area contributed by atoms with Crippen molar-refractivity contribution >= 4 is 11.6 Å². The lowest BCUT2D eigenvalue weighted by molar-refractivity contribution is -0.119. The number of nitrogens with zero attached hydrogens (tertiary/aromatic N) is 4. The topological polar surface area (TPSA) is 84.7 Å². The minimum Gasteiger partial charge on any atom is -0.374 e. The number of nitrogens with one attached hydrogen (secondary N) is 2. The number of carbonyl (C=O) groups is 1. The van der Waals surface area contributed by atoms with Gasteiger partial charge >= 0.3 is 0 Å². The van der Waals surface area contributed by atoms with E-state index in [0.29, 0.717) is 12.0 Å². The molecule has 0 unspecified atom stereocenters. The number of amides is 1. The van der Waals surface area contributed by atoms with Crippen LogP contribution in [0.2, 0.25) is 0 Å². The molecule has 0 spiro atoms. The summed E-state index contributed by atoms with van der Waals surface area (Å²) in [5, 5.41) is 10.1. The molecule has 1 aliphatic carbocycles. The van der Waals surface area contributed by atoms with Gasteiger partial charge in [0.1, 0.15) is 0 Å². The Morgan fingerprint density at radius 3 is 2.89 bits per heavy atom. The van der Waals surface area contributed by atoms with E-state index in [9.17, 15) is 4.79 Å². The average Bonchev–Trinajstić information content (AvgIpc) is 3.12. The van der Waals surface area contributed by atoms with Gasteiger partial charge in [0.15, 0.2) is 0 Å². The normalized spacial score (nSPS) is 14.1. The van der Waals surface area contributed by atoms with Crippen molar-refractivity contribution in [1.82, 2.24) is 25.1 Å². The van der Waals surface area contributed by atoms with Gasteiger partial charge in [-0.05, 0) is 18.9 Å². The van der Waals surface area contributed by atoms with Crippen LogP contribution in [0.1, 0.15) is 12.8 Å². The number of aromatic nitrogens is 4. The first-order valence-electron chi connectivity index (χ1n) is 6.16. The molecule has 0 radical (unpaired) electrons. The summed E-state index contributed by atoms with van der Waals surface area (Å²) in [5.41, 5.74) is 0.762. The maximum atomic E-state index is 11.5. The first-order valence-corrected chi connectivity index (χ1v) is 6.16. The van der Waals surface area contributed by atoms with E-state index in [2.05, 4.69) is 25.7 Å². The fourth-order valence-electron chi connectivity index (χ4n) is 1.62. The SMILES string of the molecule is O=C(CNc1cnn(-c2ncccn2)c1)NC1CC1. The minimum absolute atomic E-state index is 0.00575. The summed E-state index contributed by atoms with van der Waals surface area (Å²) in [6.45, 7) is 0.248. The third-order valence-corrected chi connectivity index (χ3v) is 2.74. The van der Waals surface area contributed by atoms with Crippen LogP contribution in [0.25, 0.3) is 5.95 Å². The summed E-state index contributed by atoms with van der Waals surface area (Å²) >= 11 is 0. The molecule has 0 aromatic carbocycles. The van der Waals surface area contributed by atoms with E-state index in [1.807, 2.05) is 0 Å². The zero-order chi connectivity index (χ0) is 13.1. The van der Waals surface area contributed by atoms with Crippen LogP contribution in [-0.2, 0) is 4.79 Å². The molecular weight excluding hydrogens is 244 g/mol. The Morgan fingerprint density at radius 1 is 1.37 bits per heavy atom. The van der Waals surface area contributed by atoms with Crippen molar-refractivity contribution < 1.29 is 4.79 Å². The van der Waals surface area contributed by atoms with Crippen molar-refractivity contribution in [1.29, 1.82) is 0 Å². The highest BCUT2D eigenvalue weighted by Gasteiger charge is 2.22. The van der Waals surface area contributed by atoms with Gasteiger partial charge in [-0.1, -0.05) is 0 Å². The first kappa shape index (κ1) is 11.6. The number of carbonyl (C=O) groups excluding carboxylic acids is 1. The van der Waals surface area contributed by atoms with Crippen LogP contribution in [0.5, 0.6) is 0 Å². The molecule has 1 aliphatic rings. The summed E-state index contributed by atoms with van der Waals surface area (Å²) in [7, 11) is 0. The summed E-state index contributed by atoms with van der Waals surface area (Å²) in [6.07, 6.45) is 8.88. The highest BCUT2D eigenvalue weighted by atomic mass is 16.2. The molecule has 3 rings (SSSR count). The molecule has 98 valence electrons. The molecule has 2 aromatic heterocycles. The van der Waals surface area contributed by atoms with Crippen molar-refractivity contribution in [2.24, 2.45) is 0 Å². The minimum atomic E-state index is 0.00575. The Kier molecular flexibility index (Phi) is 3.09. The fraction of sp³-hybridized carbons (Fsp3) is 0.333. The van der Waals surface area contributed by atoms with Crippen molar-refractivity contribution in [2.45, 2.75) is 18.9 Å². The maximum absolute atomic E-state index is 11.5. The second-order valence-corrected chi connectivity index (χ2v) is 4.42. The zero-order valence-electron chi connectivity index (χ0n) is 10.3. The lowest BCUT2D eigenvalue weighted by Gasteiger charge is -2.04. The molecule has 0 aliphatic heterocycles. The smallest absolute Gasteiger partial charge is 0.250 e. The standard InChI is InChI=1S/C12H14N6O/c19-11(17-9-2-3-9)7-15-10-6-16-18(8-10)12-13-4-1-5-14-12/h1,4-6,8-9,15H,2-3,7H2,(H,17,19). The molecule has 2 aromatic rings. The predicted octanol–water partition coefficient (Wildman–Crippen LogP) is 0.353.